The molecule has 0 bridgehead atoms. The maximum atomic E-state index is 6.08. The number of benzene rings is 4. The molecule has 0 saturated heterocycles. The average Bonchev–Trinajstić information content (AvgIpc) is 3.22. The summed E-state index contributed by atoms with van der Waals surface area (Å²) in [5.41, 5.74) is 8.44. The van der Waals surface area contributed by atoms with Crippen LogP contribution in [-0.2, 0) is 0 Å². The minimum atomic E-state index is 0.0699. The fraction of sp³-hybridized carbons (Fsp3) is 0.0345. The van der Waals surface area contributed by atoms with Gasteiger partial charge in [-0.15, -0.1) is 0 Å². The van der Waals surface area contributed by atoms with E-state index in [9.17, 15) is 0 Å². The van der Waals surface area contributed by atoms with Gasteiger partial charge in [0.25, 0.3) is 0 Å². The molecule has 0 amide bonds. The number of anilines is 2. The Balaban J connectivity index is 1.56. The fourth-order valence-electron chi connectivity index (χ4n) is 4.68. The Labute approximate surface area is 193 Å². The van der Waals surface area contributed by atoms with Crippen LogP contribution in [0.15, 0.2) is 115 Å². The lowest BCUT2D eigenvalue weighted by atomic mass is 9.86. The van der Waals surface area contributed by atoms with Gasteiger partial charge in [0.05, 0.1) is 17.4 Å². The Hall–Kier alpha value is -3.75. The van der Waals surface area contributed by atoms with Crippen molar-refractivity contribution in [3.63, 3.8) is 0 Å². The lowest BCUT2D eigenvalue weighted by Gasteiger charge is -2.36. The van der Waals surface area contributed by atoms with E-state index in [2.05, 4.69) is 113 Å². The standard InChI is InChI=1S/C29H21ClN2/c30-22-17-14-20(15-18-22)16-19-26-23-10-4-5-11-24(23)28(21-8-2-1-3-9-21)29-31-25-12-6-7-13-27(25)32(26)29/h1-19,26,31H/b19-16+. The summed E-state index contributed by atoms with van der Waals surface area (Å²) in [5, 5.41) is 4.47. The van der Waals surface area contributed by atoms with Gasteiger partial charge in [0.15, 0.2) is 0 Å². The van der Waals surface area contributed by atoms with Gasteiger partial charge in [-0.2, -0.15) is 0 Å². The quantitative estimate of drug-likeness (QED) is 0.356. The van der Waals surface area contributed by atoms with Crippen molar-refractivity contribution in [2.75, 3.05) is 10.2 Å². The van der Waals surface area contributed by atoms with E-state index in [0.29, 0.717) is 0 Å². The molecule has 2 nitrogen and oxygen atoms in total. The second-order valence-corrected chi connectivity index (χ2v) is 8.48. The van der Waals surface area contributed by atoms with E-state index in [1.54, 1.807) is 0 Å². The molecule has 2 aliphatic heterocycles. The summed E-state index contributed by atoms with van der Waals surface area (Å²) in [6.45, 7) is 0. The third kappa shape index (κ3) is 3.12. The molecule has 4 aromatic rings. The summed E-state index contributed by atoms with van der Waals surface area (Å²) in [6, 6.07) is 35.9. The third-order valence-corrected chi connectivity index (χ3v) is 6.38. The van der Waals surface area contributed by atoms with Crippen molar-refractivity contribution in [2.24, 2.45) is 0 Å². The highest BCUT2D eigenvalue weighted by Gasteiger charge is 2.37. The Bertz CT molecular complexity index is 1350. The molecule has 2 heterocycles. The Morgan fingerprint density at radius 2 is 1.47 bits per heavy atom. The number of halogens is 1. The Kier molecular flexibility index (Phi) is 4.59. The van der Waals surface area contributed by atoms with E-state index in [0.717, 1.165) is 22.1 Å². The molecule has 0 radical (unpaired) electrons. The van der Waals surface area contributed by atoms with Gasteiger partial charge in [-0.05, 0) is 46.5 Å². The van der Waals surface area contributed by atoms with Gasteiger partial charge in [0.2, 0.25) is 0 Å². The predicted octanol–water partition coefficient (Wildman–Crippen LogP) is 7.76. The molecule has 0 fully saturated rings. The molecule has 154 valence electrons. The maximum absolute atomic E-state index is 6.08. The van der Waals surface area contributed by atoms with Crippen LogP contribution in [0.25, 0.3) is 11.6 Å². The van der Waals surface area contributed by atoms with E-state index < -0.39 is 0 Å². The normalized spacial score (nSPS) is 16.5. The topological polar surface area (TPSA) is 15.3 Å². The van der Waals surface area contributed by atoms with E-state index in [1.807, 2.05) is 12.1 Å². The van der Waals surface area contributed by atoms with Crippen molar-refractivity contribution in [1.29, 1.82) is 0 Å². The first-order valence-corrected chi connectivity index (χ1v) is 11.2. The first-order chi connectivity index (χ1) is 15.8. The first kappa shape index (κ1) is 19.0. The summed E-state index contributed by atoms with van der Waals surface area (Å²) in [4.78, 5) is 2.42. The highest BCUT2D eigenvalue weighted by molar-refractivity contribution is 6.30. The van der Waals surface area contributed by atoms with E-state index in [4.69, 9.17) is 11.6 Å². The van der Waals surface area contributed by atoms with Crippen molar-refractivity contribution >= 4 is 34.6 Å². The van der Waals surface area contributed by atoms with Crippen LogP contribution in [0.1, 0.15) is 28.3 Å². The summed E-state index contributed by atoms with van der Waals surface area (Å²) < 4.78 is 0. The second-order valence-electron chi connectivity index (χ2n) is 8.04. The summed E-state index contributed by atoms with van der Waals surface area (Å²) in [7, 11) is 0. The largest absolute Gasteiger partial charge is 0.339 e. The highest BCUT2D eigenvalue weighted by atomic mass is 35.5. The van der Waals surface area contributed by atoms with Crippen molar-refractivity contribution < 1.29 is 0 Å². The van der Waals surface area contributed by atoms with Crippen molar-refractivity contribution in [2.45, 2.75) is 6.04 Å². The molecule has 3 heteroatoms. The van der Waals surface area contributed by atoms with Crippen LogP contribution in [0.4, 0.5) is 11.4 Å². The van der Waals surface area contributed by atoms with Gasteiger partial charge < -0.3 is 10.2 Å². The summed E-state index contributed by atoms with van der Waals surface area (Å²) >= 11 is 6.08. The van der Waals surface area contributed by atoms with E-state index in [1.165, 1.54) is 28.0 Å². The van der Waals surface area contributed by atoms with Crippen LogP contribution in [0.3, 0.4) is 0 Å². The molecule has 0 saturated carbocycles. The molecule has 1 atom stereocenters. The number of nitrogens with zero attached hydrogens (tertiary/aromatic N) is 1. The van der Waals surface area contributed by atoms with E-state index >= 15 is 0 Å². The van der Waals surface area contributed by atoms with Gasteiger partial charge >= 0.3 is 0 Å². The van der Waals surface area contributed by atoms with Crippen LogP contribution >= 0.6 is 11.6 Å². The molecule has 6 rings (SSSR count). The van der Waals surface area contributed by atoms with Crippen molar-refractivity contribution in [3.8, 4) is 0 Å². The van der Waals surface area contributed by atoms with Crippen molar-refractivity contribution in [1.82, 2.24) is 0 Å². The number of hydrogen-bond donors (Lipinski definition) is 1. The SMILES string of the molecule is Clc1ccc(/C=C/C2c3ccccc3C(c3ccccc3)=C3Nc4ccccc4N32)cc1. The monoisotopic (exact) mass is 432 g/mol. The maximum Gasteiger partial charge on any atom is 0.120 e. The predicted molar refractivity (Wildman–Crippen MR) is 135 cm³/mol. The molecule has 1 unspecified atom stereocenters. The minimum absolute atomic E-state index is 0.0699. The molecule has 0 spiro atoms. The van der Waals surface area contributed by atoms with Gasteiger partial charge in [-0.25, -0.2) is 0 Å². The lowest BCUT2D eigenvalue weighted by molar-refractivity contribution is 0.815. The average molecular weight is 433 g/mol. The van der Waals surface area contributed by atoms with Gasteiger partial charge in [0.1, 0.15) is 5.82 Å². The van der Waals surface area contributed by atoms with Gasteiger partial charge in [0, 0.05) is 10.6 Å². The molecule has 0 aliphatic carbocycles. The van der Waals surface area contributed by atoms with Crippen LogP contribution in [-0.4, -0.2) is 0 Å². The highest BCUT2D eigenvalue weighted by Crippen LogP contribution is 2.50. The number of hydrogen-bond acceptors (Lipinski definition) is 2. The zero-order valence-electron chi connectivity index (χ0n) is 17.4. The van der Waals surface area contributed by atoms with Crippen molar-refractivity contribution in [3.05, 3.63) is 142 Å². The Morgan fingerprint density at radius 3 is 2.31 bits per heavy atom. The van der Waals surface area contributed by atoms with Crippen LogP contribution in [0.5, 0.6) is 0 Å². The summed E-state index contributed by atoms with van der Waals surface area (Å²) in [6.07, 6.45) is 4.47. The third-order valence-electron chi connectivity index (χ3n) is 6.12. The minimum Gasteiger partial charge on any atom is -0.339 e. The van der Waals surface area contributed by atoms with Crippen LogP contribution in [0.2, 0.25) is 5.02 Å². The second kappa shape index (κ2) is 7.74. The zero-order valence-corrected chi connectivity index (χ0v) is 18.1. The number of rotatable bonds is 3. The zero-order chi connectivity index (χ0) is 21.5. The Morgan fingerprint density at radius 1 is 0.750 bits per heavy atom. The molecular weight excluding hydrogens is 412 g/mol. The smallest absolute Gasteiger partial charge is 0.120 e. The number of nitrogens with one attached hydrogen (secondary N) is 1. The van der Waals surface area contributed by atoms with Crippen LogP contribution in [0, 0.1) is 0 Å². The summed E-state index contributed by atoms with van der Waals surface area (Å²) in [5.74, 6) is 1.13. The van der Waals surface area contributed by atoms with Gasteiger partial charge in [-0.3, -0.25) is 0 Å². The lowest BCUT2D eigenvalue weighted by Crippen LogP contribution is -2.31. The number of fused-ring (bicyclic) bond motifs is 4. The molecule has 4 aromatic carbocycles. The molecule has 0 aromatic heterocycles. The van der Waals surface area contributed by atoms with Gasteiger partial charge in [-0.1, -0.05) is 103 Å². The fourth-order valence-corrected chi connectivity index (χ4v) is 4.81. The van der Waals surface area contributed by atoms with Crippen LogP contribution < -0.4 is 10.2 Å². The molecule has 2 aliphatic rings. The molecular formula is C29H21ClN2. The molecule has 1 N–H and O–H groups in total. The molecule has 32 heavy (non-hydrogen) atoms. The number of para-hydroxylation sites is 2. The first-order valence-electron chi connectivity index (χ1n) is 10.8. The van der Waals surface area contributed by atoms with E-state index in [-0.39, 0.29) is 6.04 Å².